The number of hydrogen-bond donors (Lipinski definition) is 1. The molecule has 0 aromatic heterocycles. The summed E-state index contributed by atoms with van der Waals surface area (Å²) in [5.74, 6) is 1.22. The molecule has 1 aromatic carbocycles. The number of hydrogen-bond acceptors (Lipinski definition) is 2. The molecule has 2 rings (SSSR count). The van der Waals surface area contributed by atoms with Crippen molar-refractivity contribution in [1.82, 2.24) is 5.32 Å². The maximum absolute atomic E-state index is 3.68. The molecule has 1 fully saturated rings. The molecule has 1 aromatic rings. The Morgan fingerprint density at radius 2 is 1.75 bits per heavy atom. The monoisotopic (exact) mass is 291 g/mol. The van der Waals surface area contributed by atoms with Crippen LogP contribution in [0.15, 0.2) is 29.2 Å². The van der Waals surface area contributed by atoms with Crippen molar-refractivity contribution in [2.24, 2.45) is 0 Å². The van der Waals surface area contributed by atoms with Crippen LogP contribution in [-0.2, 0) is 5.41 Å². The van der Waals surface area contributed by atoms with Gasteiger partial charge in [-0.2, -0.15) is 0 Å². The number of thioether (sulfide) groups is 1. The molecule has 0 spiro atoms. The van der Waals surface area contributed by atoms with Crippen molar-refractivity contribution in [3.63, 3.8) is 0 Å². The third-order valence-corrected chi connectivity index (χ3v) is 5.20. The average molecular weight is 292 g/mol. The molecule has 0 radical (unpaired) electrons. The highest BCUT2D eigenvalue weighted by Gasteiger charge is 2.14. The average Bonchev–Trinajstić information content (AvgIpc) is 2.91. The molecule has 0 saturated heterocycles. The minimum atomic E-state index is 0.258. The van der Waals surface area contributed by atoms with Crippen LogP contribution in [0.5, 0.6) is 0 Å². The highest BCUT2D eigenvalue weighted by atomic mass is 32.2. The Bertz CT molecular complexity index is 385. The van der Waals surface area contributed by atoms with E-state index in [0.29, 0.717) is 0 Å². The Labute approximate surface area is 128 Å². The molecule has 1 aliphatic carbocycles. The molecule has 1 N–H and O–H groups in total. The molecule has 0 bridgehead atoms. The SMILES string of the molecule is CC(C)(C)c1ccc(SCCCNC2CCCC2)cc1. The van der Waals surface area contributed by atoms with Crippen LogP contribution < -0.4 is 5.32 Å². The zero-order valence-corrected chi connectivity index (χ0v) is 14.1. The fourth-order valence-corrected chi connectivity index (χ4v) is 3.60. The molecule has 0 heterocycles. The second-order valence-electron chi connectivity index (χ2n) is 6.91. The van der Waals surface area contributed by atoms with Gasteiger partial charge in [-0.1, -0.05) is 45.7 Å². The van der Waals surface area contributed by atoms with E-state index in [1.54, 1.807) is 0 Å². The molecule has 0 amide bonds. The zero-order chi connectivity index (χ0) is 14.4. The van der Waals surface area contributed by atoms with E-state index in [2.05, 4.69) is 50.4 Å². The summed E-state index contributed by atoms with van der Waals surface area (Å²) in [4.78, 5) is 1.40. The van der Waals surface area contributed by atoms with Crippen molar-refractivity contribution in [2.75, 3.05) is 12.3 Å². The molecular formula is C18H29NS. The van der Waals surface area contributed by atoms with Crippen LogP contribution in [0.25, 0.3) is 0 Å². The number of benzene rings is 1. The van der Waals surface area contributed by atoms with Crippen molar-refractivity contribution >= 4 is 11.8 Å². The van der Waals surface area contributed by atoms with E-state index in [0.717, 1.165) is 6.04 Å². The van der Waals surface area contributed by atoms with Crippen molar-refractivity contribution in [2.45, 2.75) is 69.2 Å². The largest absolute Gasteiger partial charge is 0.314 e. The van der Waals surface area contributed by atoms with Crippen molar-refractivity contribution in [3.8, 4) is 0 Å². The molecular weight excluding hydrogens is 262 g/mol. The summed E-state index contributed by atoms with van der Waals surface area (Å²) in [6.07, 6.45) is 6.89. The van der Waals surface area contributed by atoms with Gasteiger partial charge in [0.15, 0.2) is 0 Å². The third-order valence-electron chi connectivity index (χ3n) is 4.10. The highest BCUT2D eigenvalue weighted by molar-refractivity contribution is 7.99. The lowest BCUT2D eigenvalue weighted by molar-refractivity contribution is 0.525. The minimum Gasteiger partial charge on any atom is -0.314 e. The Balaban J connectivity index is 1.64. The van der Waals surface area contributed by atoms with Crippen LogP contribution in [0.2, 0.25) is 0 Å². The maximum atomic E-state index is 3.68. The molecule has 20 heavy (non-hydrogen) atoms. The predicted octanol–water partition coefficient (Wildman–Crippen LogP) is 5.00. The fourth-order valence-electron chi connectivity index (χ4n) is 2.75. The zero-order valence-electron chi connectivity index (χ0n) is 13.2. The third kappa shape index (κ3) is 5.14. The van der Waals surface area contributed by atoms with Gasteiger partial charge in [0.25, 0.3) is 0 Å². The molecule has 0 atom stereocenters. The van der Waals surface area contributed by atoms with E-state index in [1.807, 2.05) is 11.8 Å². The summed E-state index contributed by atoms with van der Waals surface area (Å²) in [5, 5.41) is 3.68. The van der Waals surface area contributed by atoms with Crippen LogP contribution in [-0.4, -0.2) is 18.3 Å². The maximum Gasteiger partial charge on any atom is 0.00721 e. The normalized spacial score (nSPS) is 16.8. The molecule has 2 heteroatoms. The van der Waals surface area contributed by atoms with E-state index in [-0.39, 0.29) is 5.41 Å². The van der Waals surface area contributed by atoms with Gasteiger partial charge in [-0.3, -0.25) is 0 Å². The molecule has 0 unspecified atom stereocenters. The van der Waals surface area contributed by atoms with Crippen LogP contribution in [0.3, 0.4) is 0 Å². The van der Waals surface area contributed by atoms with Gasteiger partial charge in [0.1, 0.15) is 0 Å². The Kier molecular flexibility index (Phi) is 5.98. The smallest absolute Gasteiger partial charge is 0.00721 e. The van der Waals surface area contributed by atoms with Crippen molar-refractivity contribution < 1.29 is 0 Å². The molecule has 112 valence electrons. The quantitative estimate of drug-likeness (QED) is 0.585. The van der Waals surface area contributed by atoms with E-state index in [4.69, 9.17) is 0 Å². The van der Waals surface area contributed by atoms with Gasteiger partial charge < -0.3 is 5.32 Å². The lowest BCUT2D eigenvalue weighted by atomic mass is 9.87. The first-order valence-electron chi connectivity index (χ1n) is 8.02. The highest BCUT2D eigenvalue weighted by Crippen LogP contribution is 2.26. The van der Waals surface area contributed by atoms with Crippen LogP contribution in [0, 0.1) is 0 Å². The molecule has 1 aliphatic rings. The van der Waals surface area contributed by atoms with E-state index in [1.165, 1.54) is 54.9 Å². The topological polar surface area (TPSA) is 12.0 Å². The van der Waals surface area contributed by atoms with Gasteiger partial charge in [0, 0.05) is 10.9 Å². The van der Waals surface area contributed by atoms with Crippen LogP contribution in [0.4, 0.5) is 0 Å². The first kappa shape index (κ1) is 15.9. The predicted molar refractivity (Wildman–Crippen MR) is 90.7 cm³/mol. The first-order valence-corrected chi connectivity index (χ1v) is 9.01. The summed E-state index contributed by atoms with van der Waals surface area (Å²) >= 11 is 1.98. The van der Waals surface area contributed by atoms with Crippen molar-refractivity contribution in [3.05, 3.63) is 29.8 Å². The van der Waals surface area contributed by atoms with Crippen LogP contribution in [0.1, 0.15) is 58.4 Å². The van der Waals surface area contributed by atoms with Crippen molar-refractivity contribution in [1.29, 1.82) is 0 Å². The lowest BCUT2D eigenvalue weighted by Gasteiger charge is -2.19. The number of rotatable bonds is 6. The summed E-state index contributed by atoms with van der Waals surface area (Å²) < 4.78 is 0. The molecule has 1 nitrogen and oxygen atoms in total. The van der Waals surface area contributed by atoms with Crippen LogP contribution >= 0.6 is 11.8 Å². The summed E-state index contributed by atoms with van der Waals surface area (Å²) in [6, 6.07) is 9.91. The van der Waals surface area contributed by atoms with Gasteiger partial charge >= 0.3 is 0 Å². The summed E-state index contributed by atoms with van der Waals surface area (Å²) in [6.45, 7) is 7.98. The fraction of sp³-hybridized carbons (Fsp3) is 0.667. The second-order valence-corrected chi connectivity index (χ2v) is 8.08. The first-order chi connectivity index (χ1) is 9.55. The summed E-state index contributed by atoms with van der Waals surface area (Å²) in [7, 11) is 0. The number of nitrogens with one attached hydrogen (secondary N) is 1. The Morgan fingerprint density at radius 1 is 1.10 bits per heavy atom. The van der Waals surface area contributed by atoms with Gasteiger partial charge in [-0.25, -0.2) is 0 Å². The Morgan fingerprint density at radius 3 is 2.35 bits per heavy atom. The summed E-state index contributed by atoms with van der Waals surface area (Å²) in [5.41, 5.74) is 1.68. The van der Waals surface area contributed by atoms with Gasteiger partial charge in [-0.05, 0) is 54.7 Å². The molecule has 0 aliphatic heterocycles. The van der Waals surface area contributed by atoms with E-state index in [9.17, 15) is 0 Å². The van der Waals surface area contributed by atoms with Gasteiger partial charge in [-0.15, -0.1) is 11.8 Å². The van der Waals surface area contributed by atoms with Gasteiger partial charge in [0.2, 0.25) is 0 Å². The van der Waals surface area contributed by atoms with E-state index >= 15 is 0 Å². The van der Waals surface area contributed by atoms with Gasteiger partial charge in [0.05, 0.1) is 0 Å². The second kappa shape index (κ2) is 7.51. The lowest BCUT2D eigenvalue weighted by Crippen LogP contribution is -2.27. The van der Waals surface area contributed by atoms with E-state index < -0.39 is 0 Å². The molecule has 1 saturated carbocycles. The Hall–Kier alpha value is -0.470. The standard InChI is InChI=1S/C18H29NS/c1-18(2,3)15-9-11-17(12-10-15)20-14-6-13-19-16-7-4-5-8-16/h9-12,16,19H,4-8,13-14H2,1-3H3. The minimum absolute atomic E-state index is 0.258.